The lowest BCUT2D eigenvalue weighted by Crippen LogP contribution is -2.43. The summed E-state index contributed by atoms with van der Waals surface area (Å²) in [4.78, 5) is 2.47. The maximum Gasteiger partial charge on any atom is 0.0427 e. The number of nitrogens with zero attached hydrogens (tertiary/aromatic N) is 1. The fourth-order valence-electron chi connectivity index (χ4n) is 2.39. The largest absolute Gasteiger partial charge is 0.369 e. The van der Waals surface area contributed by atoms with E-state index in [-0.39, 0.29) is 0 Å². The standard InChI is InChI=1S/C14H21ClN2S/c1-14(2)10-17(6-7-18-14)13-8-12(15)5-4-11(13)9-16-3/h4-5,8,16H,6-7,9-10H2,1-3H3. The average molecular weight is 285 g/mol. The molecule has 18 heavy (non-hydrogen) atoms. The highest BCUT2D eigenvalue weighted by Gasteiger charge is 2.28. The Kier molecular flexibility index (Phi) is 4.46. The minimum Gasteiger partial charge on any atom is -0.369 e. The Labute approximate surface area is 119 Å². The van der Waals surface area contributed by atoms with Gasteiger partial charge in [-0.3, -0.25) is 0 Å². The molecule has 1 aromatic rings. The first-order chi connectivity index (χ1) is 8.52. The van der Waals surface area contributed by atoms with Crippen LogP contribution >= 0.6 is 23.4 Å². The van der Waals surface area contributed by atoms with Gasteiger partial charge in [0.2, 0.25) is 0 Å². The molecule has 2 nitrogen and oxygen atoms in total. The lowest BCUT2D eigenvalue weighted by molar-refractivity contribution is 0.644. The van der Waals surface area contributed by atoms with Gasteiger partial charge in [-0.15, -0.1) is 0 Å². The van der Waals surface area contributed by atoms with Gasteiger partial charge in [0.25, 0.3) is 0 Å². The van der Waals surface area contributed by atoms with E-state index in [4.69, 9.17) is 11.6 Å². The lowest BCUT2D eigenvalue weighted by Gasteiger charge is -2.39. The first-order valence-electron chi connectivity index (χ1n) is 6.34. The Bertz CT molecular complexity index is 420. The molecule has 0 aliphatic carbocycles. The van der Waals surface area contributed by atoms with Crippen LogP contribution in [0.25, 0.3) is 0 Å². The molecule has 100 valence electrons. The summed E-state index contributed by atoms with van der Waals surface area (Å²) >= 11 is 8.21. The second-order valence-corrected chi connectivity index (χ2v) is 7.57. The van der Waals surface area contributed by atoms with E-state index < -0.39 is 0 Å². The fraction of sp³-hybridized carbons (Fsp3) is 0.571. The maximum atomic E-state index is 6.16. The van der Waals surface area contributed by atoms with E-state index in [1.807, 2.05) is 13.1 Å². The van der Waals surface area contributed by atoms with Crippen molar-refractivity contribution in [1.29, 1.82) is 0 Å². The van der Waals surface area contributed by atoms with Gasteiger partial charge in [0.1, 0.15) is 0 Å². The second kappa shape index (κ2) is 5.72. The summed E-state index contributed by atoms with van der Waals surface area (Å²) in [7, 11) is 1.98. The van der Waals surface area contributed by atoms with Gasteiger partial charge in [0.15, 0.2) is 0 Å². The summed E-state index contributed by atoms with van der Waals surface area (Å²) in [5.74, 6) is 1.18. The molecule has 0 atom stereocenters. The summed E-state index contributed by atoms with van der Waals surface area (Å²) < 4.78 is 0.317. The van der Waals surface area contributed by atoms with Crippen molar-refractivity contribution in [2.24, 2.45) is 0 Å². The molecule has 1 aliphatic heterocycles. The number of nitrogens with one attached hydrogen (secondary N) is 1. The highest BCUT2D eigenvalue weighted by atomic mass is 35.5. The van der Waals surface area contributed by atoms with Crippen LogP contribution in [0.3, 0.4) is 0 Å². The van der Waals surface area contributed by atoms with Crippen molar-refractivity contribution in [3.8, 4) is 0 Å². The van der Waals surface area contributed by atoms with E-state index in [1.54, 1.807) is 0 Å². The van der Waals surface area contributed by atoms with Crippen molar-refractivity contribution < 1.29 is 0 Å². The number of rotatable bonds is 3. The van der Waals surface area contributed by atoms with Crippen LogP contribution in [0.5, 0.6) is 0 Å². The molecule has 1 fully saturated rings. The molecule has 0 aromatic heterocycles. The monoisotopic (exact) mass is 284 g/mol. The molecule has 4 heteroatoms. The molecule has 1 aliphatic rings. The van der Waals surface area contributed by atoms with Gasteiger partial charge in [-0.2, -0.15) is 11.8 Å². The molecular formula is C14H21ClN2S. The van der Waals surface area contributed by atoms with Gasteiger partial charge < -0.3 is 10.2 Å². The number of hydrogen-bond donors (Lipinski definition) is 1. The van der Waals surface area contributed by atoms with Gasteiger partial charge in [-0.25, -0.2) is 0 Å². The van der Waals surface area contributed by atoms with Crippen LogP contribution in [0.4, 0.5) is 5.69 Å². The van der Waals surface area contributed by atoms with Crippen molar-refractivity contribution in [3.05, 3.63) is 28.8 Å². The van der Waals surface area contributed by atoms with E-state index in [2.05, 4.69) is 48.0 Å². The third kappa shape index (κ3) is 3.34. The summed E-state index contributed by atoms with van der Waals surface area (Å²) in [6.45, 7) is 7.69. The highest BCUT2D eigenvalue weighted by Crippen LogP contribution is 2.34. The molecule has 0 unspecified atom stereocenters. The first-order valence-corrected chi connectivity index (χ1v) is 7.70. The van der Waals surface area contributed by atoms with Crippen LogP contribution in [0, 0.1) is 0 Å². The van der Waals surface area contributed by atoms with Crippen LogP contribution in [0.2, 0.25) is 5.02 Å². The van der Waals surface area contributed by atoms with Crippen LogP contribution < -0.4 is 10.2 Å². The Hall–Kier alpha value is -0.380. The van der Waals surface area contributed by atoms with Crippen LogP contribution in [0.1, 0.15) is 19.4 Å². The summed E-state index contributed by atoms with van der Waals surface area (Å²) in [5.41, 5.74) is 2.61. The Morgan fingerprint density at radius 2 is 2.22 bits per heavy atom. The Morgan fingerprint density at radius 3 is 2.89 bits per heavy atom. The van der Waals surface area contributed by atoms with Crippen molar-refractivity contribution in [1.82, 2.24) is 5.32 Å². The molecular weight excluding hydrogens is 264 g/mol. The summed E-state index contributed by atoms with van der Waals surface area (Å²) in [6.07, 6.45) is 0. The molecule has 0 spiro atoms. The van der Waals surface area contributed by atoms with Gasteiger partial charge in [-0.1, -0.05) is 17.7 Å². The molecule has 0 saturated carbocycles. The smallest absolute Gasteiger partial charge is 0.0427 e. The average Bonchev–Trinajstić information content (AvgIpc) is 2.30. The maximum absolute atomic E-state index is 6.16. The van der Waals surface area contributed by atoms with Crippen LogP contribution in [-0.4, -0.2) is 30.6 Å². The number of anilines is 1. The van der Waals surface area contributed by atoms with Crippen molar-refractivity contribution in [2.45, 2.75) is 25.1 Å². The van der Waals surface area contributed by atoms with Gasteiger partial charge in [0, 0.05) is 40.8 Å². The van der Waals surface area contributed by atoms with E-state index >= 15 is 0 Å². The van der Waals surface area contributed by atoms with E-state index in [9.17, 15) is 0 Å². The molecule has 1 heterocycles. The molecule has 2 rings (SSSR count). The number of benzene rings is 1. The lowest BCUT2D eigenvalue weighted by atomic mass is 10.1. The van der Waals surface area contributed by atoms with Crippen molar-refractivity contribution in [2.75, 3.05) is 30.8 Å². The first kappa shape index (κ1) is 14.0. The van der Waals surface area contributed by atoms with E-state index in [1.165, 1.54) is 17.0 Å². The normalized spacial score (nSPS) is 19.0. The number of halogens is 1. The summed E-state index contributed by atoms with van der Waals surface area (Å²) in [5, 5.41) is 4.05. The molecule has 1 saturated heterocycles. The van der Waals surface area contributed by atoms with E-state index in [0.717, 1.165) is 24.7 Å². The molecule has 0 bridgehead atoms. The van der Waals surface area contributed by atoms with Gasteiger partial charge in [0.05, 0.1) is 0 Å². The third-order valence-corrected chi connectivity index (χ3v) is 4.71. The Morgan fingerprint density at radius 1 is 1.44 bits per heavy atom. The zero-order chi connectivity index (χ0) is 13.2. The second-order valence-electron chi connectivity index (χ2n) is 5.33. The fourth-order valence-corrected chi connectivity index (χ4v) is 3.67. The third-order valence-electron chi connectivity index (χ3n) is 3.18. The predicted octanol–water partition coefficient (Wildman–Crippen LogP) is 3.39. The predicted molar refractivity (Wildman–Crippen MR) is 83.0 cm³/mol. The summed E-state index contributed by atoms with van der Waals surface area (Å²) in [6, 6.07) is 6.20. The SMILES string of the molecule is CNCc1ccc(Cl)cc1N1CCSC(C)(C)C1. The number of hydrogen-bond acceptors (Lipinski definition) is 3. The zero-order valence-corrected chi connectivity index (χ0v) is 12.9. The topological polar surface area (TPSA) is 15.3 Å². The quantitative estimate of drug-likeness (QED) is 0.916. The minimum absolute atomic E-state index is 0.317. The minimum atomic E-state index is 0.317. The zero-order valence-electron chi connectivity index (χ0n) is 11.3. The Balaban J connectivity index is 2.28. The van der Waals surface area contributed by atoms with Crippen molar-refractivity contribution in [3.63, 3.8) is 0 Å². The van der Waals surface area contributed by atoms with Gasteiger partial charge >= 0.3 is 0 Å². The molecule has 1 N–H and O–H groups in total. The molecule has 1 aromatic carbocycles. The van der Waals surface area contributed by atoms with E-state index in [0.29, 0.717) is 4.75 Å². The van der Waals surface area contributed by atoms with Gasteiger partial charge in [-0.05, 0) is 38.6 Å². The highest BCUT2D eigenvalue weighted by molar-refractivity contribution is 8.00. The number of thioether (sulfide) groups is 1. The van der Waals surface area contributed by atoms with Crippen molar-refractivity contribution >= 4 is 29.1 Å². The van der Waals surface area contributed by atoms with Crippen LogP contribution in [-0.2, 0) is 6.54 Å². The molecule has 0 amide bonds. The van der Waals surface area contributed by atoms with Crippen LogP contribution in [0.15, 0.2) is 18.2 Å². The molecule has 0 radical (unpaired) electrons.